The van der Waals surface area contributed by atoms with Crippen LogP contribution in [0, 0.1) is 11.3 Å². The summed E-state index contributed by atoms with van der Waals surface area (Å²) in [4.78, 5) is 13.9. The Balaban J connectivity index is 1.82. The second kappa shape index (κ2) is 5.99. The Morgan fingerprint density at radius 1 is 1.56 bits per heavy atom. The van der Waals surface area contributed by atoms with Gasteiger partial charge >= 0.3 is 4.87 Å². The molecule has 1 aliphatic carbocycles. The highest BCUT2D eigenvalue weighted by Crippen LogP contribution is 2.37. The van der Waals surface area contributed by atoms with Crippen molar-refractivity contribution in [1.29, 1.82) is 0 Å². The number of aromatic nitrogens is 1. The first-order valence-corrected chi connectivity index (χ1v) is 7.59. The minimum atomic E-state index is 0.0202. The monoisotopic (exact) mass is 269 g/mol. The Morgan fingerprint density at radius 3 is 2.83 bits per heavy atom. The summed E-state index contributed by atoms with van der Waals surface area (Å²) in [6.07, 6.45) is 5.01. The topological polar surface area (TPSA) is 70.9 Å². The van der Waals surface area contributed by atoms with Gasteiger partial charge in [-0.1, -0.05) is 31.1 Å². The summed E-state index contributed by atoms with van der Waals surface area (Å²) in [6.45, 7) is 4.76. The van der Waals surface area contributed by atoms with Crippen LogP contribution < -0.4 is 15.9 Å². The van der Waals surface area contributed by atoms with Crippen LogP contribution in [0.2, 0.25) is 0 Å². The van der Waals surface area contributed by atoms with Gasteiger partial charge in [0, 0.05) is 24.2 Å². The molecule has 1 aliphatic rings. The molecule has 4 nitrogen and oxygen atoms in total. The lowest BCUT2D eigenvalue weighted by molar-refractivity contribution is 0.159. The van der Waals surface area contributed by atoms with E-state index in [-0.39, 0.29) is 10.3 Å². The van der Waals surface area contributed by atoms with Crippen LogP contribution in [0.5, 0.6) is 0 Å². The van der Waals surface area contributed by atoms with Crippen molar-refractivity contribution in [2.75, 3.05) is 13.1 Å². The first kappa shape index (κ1) is 13.8. The number of nitrogens with one attached hydrogen (secondary N) is 2. The molecule has 102 valence electrons. The fourth-order valence-electron chi connectivity index (χ4n) is 2.69. The van der Waals surface area contributed by atoms with Crippen LogP contribution in [0.15, 0.2) is 10.2 Å². The number of rotatable bonds is 5. The van der Waals surface area contributed by atoms with E-state index in [1.54, 1.807) is 0 Å². The molecule has 0 aliphatic heterocycles. The molecule has 0 amide bonds. The van der Waals surface area contributed by atoms with E-state index in [1.807, 2.05) is 5.38 Å². The smallest absolute Gasteiger partial charge is 0.304 e. The zero-order valence-corrected chi connectivity index (χ0v) is 11.8. The van der Waals surface area contributed by atoms with Gasteiger partial charge in [-0.05, 0) is 30.7 Å². The van der Waals surface area contributed by atoms with E-state index in [9.17, 15) is 4.79 Å². The molecular formula is C13H23N3OS. The van der Waals surface area contributed by atoms with Crippen molar-refractivity contribution in [2.45, 2.75) is 39.2 Å². The highest BCUT2D eigenvalue weighted by molar-refractivity contribution is 7.07. The first-order chi connectivity index (χ1) is 8.63. The number of aromatic amines is 1. The lowest BCUT2D eigenvalue weighted by Gasteiger charge is -2.38. The van der Waals surface area contributed by atoms with Crippen molar-refractivity contribution in [1.82, 2.24) is 10.3 Å². The maximum absolute atomic E-state index is 11.0. The number of H-pyrrole nitrogens is 1. The van der Waals surface area contributed by atoms with Crippen molar-refractivity contribution in [3.05, 3.63) is 20.7 Å². The van der Waals surface area contributed by atoms with E-state index >= 15 is 0 Å². The van der Waals surface area contributed by atoms with Crippen LogP contribution in [0.4, 0.5) is 0 Å². The fourth-order valence-corrected chi connectivity index (χ4v) is 3.27. The van der Waals surface area contributed by atoms with E-state index in [0.29, 0.717) is 0 Å². The number of hydrogen-bond donors (Lipinski definition) is 3. The summed E-state index contributed by atoms with van der Waals surface area (Å²) in [6, 6.07) is 0. The average molecular weight is 269 g/mol. The molecular weight excluding hydrogens is 246 g/mol. The Labute approximate surface area is 112 Å². The summed E-state index contributed by atoms with van der Waals surface area (Å²) in [5.74, 6) is 0.845. The third-order valence-corrected chi connectivity index (χ3v) is 4.87. The molecule has 1 aromatic rings. The number of hydrogen-bond acceptors (Lipinski definition) is 4. The van der Waals surface area contributed by atoms with Crippen LogP contribution in [0.1, 0.15) is 38.3 Å². The molecule has 0 spiro atoms. The molecule has 0 saturated heterocycles. The predicted octanol–water partition coefficient (Wildman–Crippen LogP) is 1.68. The Hall–Kier alpha value is -0.650. The number of thiazole rings is 1. The molecule has 18 heavy (non-hydrogen) atoms. The minimum Gasteiger partial charge on any atom is -0.330 e. The van der Waals surface area contributed by atoms with Gasteiger partial charge in [-0.15, -0.1) is 0 Å². The molecule has 0 bridgehead atoms. The third kappa shape index (κ3) is 3.43. The maximum atomic E-state index is 11.0. The zero-order chi connectivity index (χ0) is 13.0. The quantitative estimate of drug-likeness (QED) is 0.761. The molecule has 2 rings (SSSR count). The van der Waals surface area contributed by atoms with E-state index in [2.05, 4.69) is 17.2 Å². The van der Waals surface area contributed by atoms with Crippen molar-refractivity contribution in [3.8, 4) is 0 Å². The molecule has 0 aromatic carbocycles. The standard InChI is InChI=1S/C13H23N3OS/c1-10-2-4-13(8-14,5-3-10)9-15-6-11-7-18-12(17)16-11/h7,10,15H,2-6,8-9,14H2,1H3,(H,16,17). The highest BCUT2D eigenvalue weighted by Gasteiger charge is 2.32. The van der Waals surface area contributed by atoms with E-state index in [1.165, 1.54) is 37.0 Å². The van der Waals surface area contributed by atoms with Crippen LogP contribution in [0.25, 0.3) is 0 Å². The molecule has 0 radical (unpaired) electrons. The van der Waals surface area contributed by atoms with Gasteiger partial charge in [-0.3, -0.25) is 4.79 Å². The van der Waals surface area contributed by atoms with Gasteiger partial charge in [0.15, 0.2) is 0 Å². The molecule has 1 heterocycles. The van der Waals surface area contributed by atoms with Gasteiger partial charge in [-0.2, -0.15) is 0 Å². The van der Waals surface area contributed by atoms with Gasteiger partial charge in [0.05, 0.1) is 0 Å². The Bertz CT molecular complexity index is 418. The fraction of sp³-hybridized carbons (Fsp3) is 0.769. The maximum Gasteiger partial charge on any atom is 0.304 e. The molecule has 0 atom stereocenters. The molecule has 1 saturated carbocycles. The lowest BCUT2D eigenvalue weighted by Crippen LogP contribution is -2.42. The average Bonchev–Trinajstić information content (AvgIpc) is 2.78. The zero-order valence-electron chi connectivity index (χ0n) is 11.0. The van der Waals surface area contributed by atoms with Gasteiger partial charge in [0.1, 0.15) is 0 Å². The summed E-state index contributed by atoms with van der Waals surface area (Å²) in [7, 11) is 0. The largest absolute Gasteiger partial charge is 0.330 e. The molecule has 0 unspecified atom stereocenters. The minimum absolute atomic E-state index is 0.0202. The van der Waals surface area contributed by atoms with Gasteiger partial charge in [0.25, 0.3) is 0 Å². The van der Waals surface area contributed by atoms with Crippen molar-refractivity contribution in [3.63, 3.8) is 0 Å². The van der Waals surface area contributed by atoms with Crippen LogP contribution in [-0.4, -0.2) is 18.1 Å². The van der Waals surface area contributed by atoms with E-state index < -0.39 is 0 Å². The Morgan fingerprint density at radius 2 is 2.28 bits per heavy atom. The summed E-state index contributed by atoms with van der Waals surface area (Å²) in [5.41, 5.74) is 7.21. The Kier molecular flexibility index (Phi) is 4.59. The summed E-state index contributed by atoms with van der Waals surface area (Å²) >= 11 is 1.22. The SMILES string of the molecule is CC1CCC(CN)(CNCc2csc(=O)[nH]2)CC1. The normalized spacial score (nSPS) is 28.4. The third-order valence-electron chi connectivity index (χ3n) is 4.15. The van der Waals surface area contributed by atoms with Crippen LogP contribution in [0.3, 0.4) is 0 Å². The van der Waals surface area contributed by atoms with Crippen LogP contribution >= 0.6 is 11.3 Å². The first-order valence-electron chi connectivity index (χ1n) is 6.71. The second-order valence-corrected chi connectivity index (χ2v) is 6.51. The molecule has 4 N–H and O–H groups in total. The van der Waals surface area contributed by atoms with E-state index in [0.717, 1.165) is 31.2 Å². The molecule has 5 heteroatoms. The van der Waals surface area contributed by atoms with Crippen molar-refractivity contribution < 1.29 is 0 Å². The van der Waals surface area contributed by atoms with E-state index in [4.69, 9.17) is 5.73 Å². The van der Waals surface area contributed by atoms with Gasteiger partial charge < -0.3 is 16.0 Å². The molecule has 1 fully saturated rings. The second-order valence-electron chi connectivity index (χ2n) is 5.66. The van der Waals surface area contributed by atoms with Gasteiger partial charge in [0.2, 0.25) is 0 Å². The summed E-state index contributed by atoms with van der Waals surface area (Å²) < 4.78 is 0. The highest BCUT2D eigenvalue weighted by atomic mass is 32.1. The lowest BCUT2D eigenvalue weighted by atomic mass is 9.71. The summed E-state index contributed by atoms with van der Waals surface area (Å²) in [5, 5.41) is 5.33. The van der Waals surface area contributed by atoms with Crippen molar-refractivity contribution >= 4 is 11.3 Å². The molecule has 1 aromatic heterocycles. The number of nitrogens with two attached hydrogens (primary N) is 1. The predicted molar refractivity (Wildman–Crippen MR) is 75.8 cm³/mol. The van der Waals surface area contributed by atoms with Crippen LogP contribution in [-0.2, 0) is 6.54 Å². The van der Waals surface area contributed by atoms with Crippen molar-refractivity contribution in [2.24, 2.45) is 17.1 Å². The van der Waals surface area contributed by atoms with Gasteiger partial charge in [-0.25, -0.2) is 0 Å².